The first-order chi connectivity index (χ1) is 6.14. The molecule has 1 nitrogen and oxygen atoms in total. The first kappa shape index (κ1) is 10.5. The van der Waals surface area contributed by atoms with Gasteiger partial charge in [0, 0.05) is 6.54 Å². The van der Waals surface area contributed by atoms with Crippen LogP contribution in [0.15, 0.2) is 30.3 Å². The first-order valence-corrected chi connectivity index (χ1v) is 8.14. The molecule has 0 saturated heterocycles. The topological polar surface area (TPSA) is 12.0 Å². The normalized spacial score (nSPS) is 11.6. The van der Waals surface area contributed by atoms with E-state index in [1.807, 2.05) is 0 Å². The highest BCUT2D eigenvalue weighted by atomic mass is 28.3. The molecule has 0 heterocycles. The highest BCUT2D eigenvalue weighted by Gasteiger charge is 2.16. The number of hydrogen-bond donors (Lipinski definition) is 1. The van der Waals surface area contributed by atoms with Crippen molar-refractivity contribution in [1.82, 2.24) is 4.98 Å². The molecule has 0 amide bonds. The van der Waals surface area contributed by atoms with E-state index in [0.717, 1.165) is 6.54 Å². The molecular weight excluding hydrogens is 174 g/mol. The summed E-state index contributed by atoms with van der Waals surface area (Å²) in [7, 11) is -1.11. The third-order valence-corrected chi connectivity index (χ3v) is 5.40. The van der Waals surface area contributed by atoms with Crippen LogP contribution in [0.1, 0.15) is 12.5 Å². The highest BCUT2D eigenvalue weighted by molar-refractivity contribution is 6.74. The lowest BCUT2D eigenvalue weighted by Crippen LogP contribution is -2.43. The molecule has 0 unspecified atom stereocenters. The van der Waals surface area contributed by atoms with Gasteiger partial charge in [-0.1, -0.05) is 50.3 Å². The van der Waals surface area contributed by atoms with E-state index in [0.29, 0.717) is 0 Å². The fourth-order valence-electron chi connectivity index (χ4n) is 1.06. The monoisotopic (exact) mass is 193 g/mol. The van der Waals surface area contributed by atoms with Gasteiger partial charge < -0.3 is 4.98 Å². The van der Waals surface area contributed by atoms with E-state index in [4.69, 9.17) is 0 Å². The lowest BCUT2D eigenvalue weighted by molar-refractivity contribution is 0.901. The lowest BCUT2D eigenvalue weighted by Gasteiger charge is -2.21. The van der Waals surface area contributed by atoms with E-state index < -0.39 is 8.24 Å². The summed E-state index contributed by atoms with van der Waals surface area (Å²) in [6, 6.07) is 11.9. The third-order valence-electron chi connectivity index (χ3n) is 2.50. The minimum absolute atomic E-state index is 1.02. The average molecular weight is 193 g/mol. The van der Waals surface area contributed by atoms with Crippen molar-refractivity contribution in [2.75, 3.05) is 0 Å². The molecule has 0 aromatic heterocycles. The molecule has 0 saturated carbocycles. The van der Waals surface area contributed by atoms with Crippen molar-refractivity contribution in [3.05, 3.63) is 35.9 Å². The van der Waals surface area contributed by atoms with Gasteiger partial charge in [0.15, 0.2) is 0 Å². The quantitative estimate of drug-likeness (QED) is 0.725. The van der Waals surface area contributed by atoms with Gasteiger partial charge in [0.1, 0.15) is 8.24 Å². The molecule has 0 spiro atoms. The summed E-state index contributed by atoms with van der Waals surface area (Å²) in [5, 5.41) is 0. The second-order valence-electron chi connectivity index (χ2n) is 4.08. The van der Waals surface area contributed by atoms with Crippen molar-refractivity contribution >= 4 is 8.24 Å². The Morgan fingerprint density at radius 2 is 1.77 bits per heavy atom. The predicted molar refractivity (Wildman–Crippen MR) is 61.2 cm³/mol. The second-order valence-corrected chi connectivity index (χ2v) is 8.91. The molecule has 1 aromatic rings. The molecule has 0 aliphatic carbocycles. The van der Waals surface area contributed by atoms with Crippen LogP contribution < -0.4 is 4.98 Å². The van der Waals surface area contributed by atoms with Gasteiger partial charge in [0.25, 0.3) is 0 Å². The van der Waals surface area contributed by atoms with E-state index in [1.165, 1.54) is 11.6 Å². The van der Waals surface area contributed by atoms with Gasteiger partial charge in [-0.05, 0) is 11.6 Å². The summed E-state index contributed by atoms with van der Waals surface area (Å²) < 4.78 is 0. The van der Waals surface area contributed by atoms with Crippen LogP contribution in [0.4, 0.5) is 0 Å². The lowest BCUT2D eigenvalue weighted by atomic mass is 10.2. The fourth-order valence-corrected chi connectivity index (χ4v) is 1.99. The van der Waals surface area contributed by atoms with Gasteiger partial charge in [-0.15, -0.1) is 0 Å². The molecule has 1 aromatic carbocycles. The Morgan fingerprint density at radius 3 is 2.31 bits per heavy atom. The van der Waals surface area contributed by atoms with Gasteiger partial charge in [-0.3, -0.25) is 0 Å². The van der Waals surface area contributed by atoms with E-state index in [-0.39, 0.29) is 0 Å². The summed E-state index contributed by atoms with van der Waals surface area (Å²) in [6.45, 7) is 8.03. The molecule has 0 radical (unpaired) electrons. The maximum Gasteiger partial charge on any atom is 0.119 e. The van der Waals surface area contributed by atoms with E-state index in [9.17, 15) is 0 Å². The highest BCUT2D eigenvalue weighted by Crippen LogP contribution is 2.06. The molecule has 0 atom stereocenters. The van der Waals surface area contributed by atoms with Crippen LogP contribution in [-0.2, 0) is 6.54 Å². The maximum atomic E-state index is 3.66. The van der Waals surface area contributed by atoms with Crippen molar-refractivity contribution in [3.63, 3.8) is 0 Å². The molecule has 0 aliphatic rings. The van der Waals surface area contributed by atoms with Gasteiger partial charge in [0.05, 0.1) is 0 Å². The molecule has 1 N–H and O–H groups in total. The summed E-state index contributed by atoms with van der Waals surface area (Å²) in [5.41, 5.74) is 1.39. The van der Waals surface area contributed by atoms with Crippen molar-refractivity contribution in [3.8, 4) is 0 Å². The summed E-state index contributed by atoms with van der Waals surface area (Å²) in [4.78, 5) is 3.66. The molecule has 0 bridgehead atoms. The summed E-state index contributed by atoms with van der Waals surface area (Å²) >= 11 is 0. The van der Waals surface area contributed by atoms with Gasteiger partial charge in [0.2, 0.25) is 0 Å². The van der Waals surface area contributed by atoms with E-state index >= 15 is 0 Å². The molecular formula is C11H19NSi. The Labute approximate surface area is 82.3 Å². The zero-order valence-electron chi connectivity index (χ0n) is 8.80. The largest absolute Gasteiger partial charge is 0.333 e. The Kier molecular flexibility index (Phi) is 3.69. The smallest absolute Gasteiger partial charge is 0.119 e. The Bertz CT molecular complexity index is 244. The van der Waals surface area contributed by atoms with Gasteiger partial charge in [-0.2, -0.15) is 0 Å². The molecule has 2 heteroatoms. The molecule has 0 aliphatic heterocycles. The molecule has 1 rings (SSSR count). The third kappa shape index (κ3) is 3.74. The van der Waals surface area contributed by atoms with Crippen LogP contribution in [0, 0.1) is 0 Å². The zero-order valence-corrected chi connectivity index (χ0v) is 9.80. The summed E-state index contributed by atoms with van der Waals surface area (Å²) in [5.74, 6) is 0. The van der Waals surface area contributed by atoms with E-state index in [2.05, 4.69) is 55.3 Å². The van der Waals surface area contributed by atoms with Crippen molar-refractivity contribution in [1.29, 1.82) is 0 Å². The van der Waals surface area contributed by atoms with Crippen molar-refractivity contribution in [2.24, 2.45) is 0 Å². The van der Waals surface area contributed by atoms with Crippen LogP contribution in [0.25, 0.3) is 0 Å². The minimum atomic E-state index is -1.11. The Morgan fingerprint density at radius 1 is 1.15 bits per heavy atom. The zero-order chi connectivity index (χ0) is 9.73. The van der Waals surface area contributed by atoms with E-state index in [1.54, 1.807) is 0 Å². The van der Waals surface area contributed by atoms with Crippen LogP contribution >= 0.6 is 0 Å². The standard InChI is InChI=1S/C11H19NSi/c1-4-13(2,3)12-10-11-8-6-5-7-9-11/h5-9,12H,4,10H2,1-3H3. The van der Waals surface area contributed by atoms with Crippen molar-refractivity contribution < 1.29 is 0 Å². The Balaban J connectivity index is 2.44. The molecule has 0 fully saturated rings. The first-order valence-electron chi connectivity index (χ1n) is 4.93. The van der Waals surface area contributed by atoms with Gasteiger partial charge >= 0.3 is 0 Å². The Hall–Kier alpha value is -0.603. The van der Waals surface area contributed by atoms with Crippen LogP contribution in [-0.4, -0.2) is 8.24 Å². The van der Waals surface area contributed by atoms with Crippen LogP contribution in [0.5, 0.6) is 0 Å². The summed E-state index contributed by atoms with van der Waals surface area (Å²) in [6.07, 6.45) is 0. The predicted octanol–water partition coefficient (Wildman–Crippen LogP) is 3.00. The maximum absolute atomic E-state index is 3.66. The average Bonchev–Trinajstić information content (AvgIpc) is 2.17. The van der Waals surface area contributed by atoms with Crippen LogP contribution in [0.2, 0.25) is 19.1 Å². The molecule has 72 valence electrons. The number of benzene rings is 1. The van der Waals surface area contributed by atoms with Gasteiger partial charge in [-0.25, -0.2) is 0 Å². The molecule has 13 heavy (non-hydrogen) atoms. The fraction of sp³-hybridized carbons (Fsp3) is 0.455. The second kappa shape index (κ2) is 4.58. The number of nitrogens with one attached hydrogen (secondary N) is 1. The number of rotatable bonds is 4. The number of hydrogen-bond acceptors (Lipinski definition) is 1. The van der Waals surface area contributed by atoms with Crippen LogP contribution in [0.3, 0.4) is 0 Å². The minimum Gasteiger partial charge on any atom is -0.333 e. The van der Waals surface area contributed by atoms with Crippen molar-refractivity contribution in [2.45, 2.75) is 32.6 Å². The SMILES string of the molecule is CC[Si](C)(C)NCc1ccccc1.